The molecule has 1 aromatic rings. The molecule has 1 saturated heterocycles. The van der Waals surface area contributed by atoms with Crippen LogP contribution >= 0.6 is 0 Å². The van der Waals surface area contributed by atoms with Gasteiger partial charge in [-0.2, -0.15) is 13.2 Å². The van der Waals surface area contributed by atoms with Gasteiger partial charge in [0.2, 0.25) is 0 Å². The Labute approximate surface area is 120 Å². The lowest BCUT2D eigenvalue weighted by atomic mass is 10.0. The molecule has 3 atom stereocenters. The van der Waals surface area contributed by atoms with Crippen molar-refractivity contribution in [2.75, 3.05) is 13.1 Å². The molecular formula is C15H17F4NO. The molecule has 1 saturated carbocycles. The Hall–Kier alpha value is -1.14. The number of benzene rings is 1. The fourth-order valence-corrected chi connectivity index (χ4v) is 3.75. The summed E-state index contributed by atoms with van der Waals surface area (Å²) in [6.45, 7) is 1.46. The molecule has 2 nitrogen and oxygen atoms in total. The van der Waals surface area contributed by atoms with Crippen LogP contribution in [0, 0.1) is 17.7 Å². The van der Waals surface area contributed by atoms with E-state index in [2.05, 4.69) is 0 Å². The molecule has 116 valence electrons. The summed E-state index contributed by atoms with van der Waals surface area (Å²) in [7, 11) is 0. The Bertz CT molecular complexity index is 517. The van der Waals surface area contributed by atoms with Crippen LogP contribution in [-0.2, 0) is 12.7 Å². The van der Waals surface area contributed by atoms with Gasteiger partial charge in [-0.1, -0.05) is 12.1 Å². The van der Waals surface area contributed by atoms with Crippen molar-refractivity contribution >= 4 is 0 Å². The Morgan fingerprint density at radius 1 is 1.14 bits per heavy atom. The molecule has 1 aliphatic heterocycles. The number of halogens is 4. The second kappa shape index (κ2) is 5.25. The molecule has 1 aromatic carbocycles. The van der Waals surface area contributed by atoms with Crippen LogP contribution in [-0.4, -0.2) is 29.2 Å². The van der Waals surface area contributed by atoms with Crippen LogP contribution in [0.15, 0.2) is 18.2 Å². The number of aliphatic hydroxyl groups excluding tert-OH is 1. The van der Waals surface area contributed by atoms with E-state index in [1.807, 2.05) is 4.90 Å². The molecular weight excluding hydrogens is 286 g/mol. The lowest BCUT2D eigenvalue weighted by Gasteiger charge is -2.21. The number of nitrogens with zero attached hydrogens (tertiary/aromatic N) is 1. The van der Waals surface area contributed by atoms with E-state index in [0.29, 0.717) is 24.9 Å². The van der Waals surface area contributed by atoms with Gasteiger partial charge in [-0.15, -0.1) is 0 Å². The second-order valence-corrected chi connectivity index (χ2v) is 6.11. The van der Waals surface area contributed by atoms with Crippen molar-refractivity contribution in [2.24, 2.45) is 11.8 Å². The zero-order valence-corrected chi connectivity index (χ0v) is 11.4. The van der Waals surface area contributed by atoms with Crippen molar-refractivity contribution in [2.45, 2.75) is 31.7 Å². The van der Waals surface area contributed by atoms with Crippen LogP contribution in [0.4, 0.5) is 17.6 Å². The zero-order chi connectivity index (χ0) is 15.2. The highest BCUT2D eigenvalue weighted by atomic mass is 19.4. The second-order valence-electron chi connectivity index (χ2n) is 6.11. The van der Waals surface area contributed by atoms with Gasteiger partial charge in [-0.3, -0.25) is 4.90 Å². The van der Waals surface area contributed by atoms with Gasteiger partial charge in [0.1, 0.15) is 5.82 Å². The first-order valence-corrected chi connectivity index (χ1v) is 7.09. The normalized spacial score (nSPS) is 29.9. The zero-order valence-electron chi connectivity index (χ0n) is 11.4. The first-order chi connectivity index (χ1) is 9.84. The van der Waals surface area contributed by atoms with Crippen LogP contribution in [0.25, 0.3) is 0 Å². The van der Waals surface area contributed by atoms with Crippen LogP contribution < -0.4 is 0 Å². The molecule has 1 unspecified atom stereocenters. The first-order valence-electron chi connectivity index (χ1n) is 7.09. The quantitative estimate of drug-likeness (QED) is 0.849. The summed E-state index contributed by atoms with van der Waals surface area (Å²) in [6, 6.07) is 3.51. The van der Waals surface area contributed by atoms with Crippen molar-refractivity contribution in [1.82, 2.24) is 4.90 Å². The molecule has 1 N–H and O–H groups in total. The molecule has 0 amide bonds. The van der Waals surface area contributed by atoms with Crippen molar-refractivity contribution in [3.05, 3.63) is 35.1 Å². The van der Waals surface area contributed by atoms with Gasteiger partial charge >= 0.3 is 6.18 Å². The predicted molar refractivity (Wildman–Crippen MR) is 68.9 cm³/mol. The number of alkyl halides is 3. The average Bonchev–Trinajstić information content (AvgIpc) is 2.83. The minimum atomic E-state index is -4.67. The maximum Gasteiger partial charge on any atom is 0.419 e. The van der Waals surface area contributed by atoms with Crippen molar-refractivity contribution in [1.29, 1.82) is 0 Å². The summed E-state index contributed by atoms with van der Waals surface area (Å²) in [5.41, 5.74) is -1.16. The molecule has 2 aliphatic rings. The lowest BCUT2D eigenvalue weighted by Crippen LogP contribution is -2.25. The third-order valence-corrected chi connectivity index (χ3v) is 4.58. The molecule has 1 aliphatic carbocycles. The molecule has 21 heavy (non-hydrogen) atoms. The van der Waals surface area contributed by atoms with Crippen molar-refractivity contribution in [3.63, 3.8) is 0 Å². The summed E-state index contributed by atoms with van der Waals surface area (Å²) in [5.74, 6) is -0.513. The van der Waals surface area contributed by atoms with Gasteiger partial charge < -0.3 is 5.11 Å². The Kier molecular flexibility index (Phi) is 3.69. The average molecular weight is 303 g/mol. The molecule has 6 heteroatoms. The van der Waals surface area contributed by atoms with E-state index < -0.39 is 17.6 Å². The van der Waals surface area contributed by atoms with Gasteiger partial charge in [0.15, 0.2) is 0 Å². The van der Waals surface area contributed by atoms with Crippen molar-refractivity contribution in [3.8, 4) is 0 Å². The standard InChI is InChI=1S/C15H17F4NO/c16-13-3-1-2-9(14(13)15(17,18)19)6-20-7-10-4-12(21)5-11(10)8-20/h1-3,10-12,21H,4-8H2/t10-,11+,12?. The minimum Gasteiger partial charge on any atom is -0.393 e. The van der Waals surface area contributed by atoms with Gasteiger partial charge in [0.05, 0.1) is 11.7 Å². The smallest absolute Gasteiger partial charge is 0.393 e. The molecule has 0 bridgehead atoms. The monoisotopic (exact) mass is 303 g/mol. The summed E-state index contributed by atoms with van der Waals surface area (Å²) < 4.78 is 52.5. The van der Waals surface area contributed by atoms with Gasteiger partial charge in [0, 0.05) is 19.6 Å². The van der Waals surface area contributed by atoms with E-state index in [0.717, 1.165) is 18.9 Å². The number of fused-ring (bicyclic) bond motifs is 1. The largest absolute Gasteiger partial charge is 0.419 e. The molecule has 2 fully saturated rings. The fourth-order valence-electron chi connectivity index (χ4n) is 3.75. The third kappa shape index (κ3) is 2.92. The first kappa shape index (κ1) is 14.8. The molecule has 0 aromatic heterocycles. The highest BCUT2D eigenvalue weighted by Gasteiger charge is 2.41. The van der Waals surface area contributed by atoms with Gasteiger partial charge in [-0.25, -0.2) is 4.39 Å². The topological polar surface area (TPSA) is 23.5 Å². The van der Waals surface area contributed by atoms with Crippen LogP contribution in [0.3, 0.4) is 0 Å². The Morgan fingerprint density at radius 3 is 2.33 bits per heavy atom. The lowest BCUT2D eigenvalue weighted by molar-refractivity contribution is -0.140. The summed E-state index contributed by atoms with van der Waals surface area (Å²) >= 11 is 0. The molecule has 1 heterocycles. The Morgan fingerprint density at radius 2 is 1.76 bits per heavy atom. The molecule has 0 radical (unpaired) electrons. The SMILES string of the molecule is OC1C[C@@H]2CN(Cc3cccc(F)c3C(F)(F)F)C[C@@H]2C1. The van der Waals surface area contributed by atoms with E-state index >= 15 is 0 Å². The summed E-state index contributed by atoms with van der Waals surface area (Å²) in [5, 5.41) is 9.58. The fraction of sp³-hybridized carbons (Fsp3) is 0.600. The van der Waals surface area contributed by atoms with E-state index in [1.165, 1.54) is 12.1 Å². The molecule has 3 rings (SSSR count). The number of hydrogen-bond acceptors (Lipinski definition) is 2. The molecule has 0 spiro atoms. The number of likely N-dealkylation sites (tertiary alicyclic amines) is 1. The number of hydrogen-bond donors (Lipinski definition) is 1. The van der Waals surface area contributed by atoms with E-state index in [4.69, 9.17) is 0 Å². The highest BCUT2D eigenvalue weighted by Crippen LogP contribution is 2.40. The van der Waals surface area contributed by atoms with Crippen LogP contribution in [0.5, 0.6) is 0 Å². The van der Waals surface area contributed by atoms with E-state index in [-0.39, 0.29) is 18.2 Å². The van der Waals surface area contributed by atoms with Crippen LogP contribution in [0.2, 0.25) is 0 Å². The maximum absolute atomic E-state index is 13.5. The highest BCUT2D eigenvalue weighted by molar-refractivity contribution is 5.31. The number of aliphatic hydroxyl groups is 1. The maximum atomic E-state index is 13.5. The van der Waals surface area contributed by atoms with E-state index in [1.54, 1.807) is 0 Å². The van der Waals surface area contributed by atoms with Gasteiger partial charge in [-0.05, 0) is 36.3 Å². The third-order valence-electron chi connectivity index (χ3n) is 4.58. The van der Waals surface area contributed by atoms with Crippen LogP contribution in [0.1, 0.15) is 24.0 Å². The van der Waals surface area contributed by atoms with Crippen molar-refractivity contribution < 1.29 is 22.7 Å². The number of rotatable bonds is 2. The minimum absolute atomic E-state index is 0.0111. The summed E-state index contributed by atoms with van der Waals surface area (Å²) in [6.07, 6.45) is -3.51. The van der Waals surface area contributed by atoms with E-state index in [9.17, 15) is 22.7 Å². The Balaban J connectivity index is 1.76. The predicted octanol–water partition coefficient (Wildman–Crippen LogP) is 3.05. The summed E-state index contributed by atoms with van der Waals surface area (Å²) in [4.78, 5) is 1.94. The van der Waals surface area contributed by atoms with Gasteiger partial charge in [0.25, 0.3) is 0 Å².